The Kier molecular flexibility index (Phi) is 3.77. The van der Waals surface area contributed by atoms with Gasteiger partial charge in [0.05, 0.1) is 0 Å². The predicted molar refractivity (Wildman–Crippen MR) is 71.0 cm³/mol. The SMILES string of the molecule is Cc1ccc(-c2nnc(CO)n2CC(C)C)cc1. The Morgan fingerprint density at radius 2 is 1.83 bits per heavy atom. The summed E-state index contributed by atoms with van der Waals surface area (Å²) in [6, 6.07) is 8.19. The van der Waals surface area contributed by atoms with Crippen molar-refractivity contribution in [3.05, 3.63) is 35.7 Å². The molecule has 0 spiro atoms. The molecule has 1 aromatic carbocycles. The van der Waals surface area contributed by atoms with Gasteiger partial charge in [-0.25, -0.2) is 0 Å². The molecule has 0 saturated carbocycles. The number of nitrogens with zero attached hydrogens (tertiary/aromatic N) is 3. The third-order valence-corrected chi connectivity index (χ3v) is 2.83. The van der Waals surface area contributed by atoms with Crippen LogP contribution in [0.4, 0.5) is 0 Å². The van der Waals surface area contributed by atoms with Crippen LogP contribution < -0.4 is 0 Å². The molecule has 0 atom stereocenters. The molecule has 4 heteroatoms. The van der Waals surface area contributed by atoms with E-state index in [1.165, 1.54) is 5.56 Å². The Morgan fingerprint density at radius 3 is 2.39 bits per heavy atom. The van der Waals surface area contributed by atoms with Gasteiger partial charge in [0, 0.05) is 12.1 Å². The Balaban J connectivity index is 2.43. The van der Waals surface area contributed by atoms with Crippen molar-refractivity contribution in [2.45, 2.75) is 33.9 Å². The lowest BCUT2D eigenvalue weighted by atomic mass is 10.1. The fraction of sp³-hybridized carbons (Fsp3) is 0.429. The third kappa shape index (κ3) is 2.59. The number of aromatic nitrogens is 3. The van der Waals surface area contributed by atoms with Gasteiger partial charge in [-0.15, -0.1) is 10.2 Å². The van der Waals surface area contributed by atoms with E-state index in [4.69, 9.17) is 0 Å². The van der Waals surface area contributed by atoms with Crippen LogP contribution in [0.2, 0.25) is 0 Å². The molecule has 18 heavy (non-hydrogen) atoms. The number of aliphatic hydroxyl groups is 1. The third-order valence-electron chi connectivity index (χ3n) is 2.83. The maximum Gasteiger partial charge on any atom is 0.164 e. The second-order valence-corrected chi connectivity index (χ2v) is 4.97. The van der Waals surface area contributed by atoms with E-state index in [1.54, 1.807) is 0 Å². The van der Waals surface area contributed by atoms with Crippen LogP contribution in [0.1, 0.15) is 25.2 Å². The summed E-state index contributed by atoms with van der Waals surface area (Å²) < 4.78 is 2.00. The number of rotatable bonds is 4. The summed E-state index contributed by atoms with van der Waals surface area (Å²) in [5.74, 6) is 1.93. The maximum atomic E-state index is 9.31. The van der Waals surface area contributed by atoms with Gasteiger partial charge in [-0.3, -0.25) is 0 Å². The molecule has 96 valence electrons. The summed E-state index contributed by atoms with van der Waals surface area (Å²) in [5, 5.41) is 17.6. The van der Waals surface area contributed by atoms with Crippen molar-refractivity contribution >= 4 is 0 Å². The van der Waals surface area contributed by atoms with Crippen LogP contribution in [0.25, 0.3) is 11.4 Å². The molecule has 0 radical (unpaired) electrons. The monoisotopic (exact) mass is 245 g/mol. The van der Waals surface area contributed by atoms with Crippen molar-refractivity contribution in [1.29, 1.82) is 0 Å². The van der Waals surface area contributed by atoms with Crippen LogP contribution in [0, 0.1) is 12.8 Å². The first-order valence-electron chi connectivity index (χ1n) is 6.21. The molecule has 1 N–H and O–H groups in total. The highest BCUT2D eigenvalue weighted by molar-refractivity contribution is 5.55. The minimum absolute atomic E-state index is 0.0778. The van der Waals surface area contributed by atoms with E-state index in [1.807, 2.05) is 16.7 Å². The molecule has 1 heterocycles. The molecule has 0 bridgehead atoms. The number of aryl methyl sites for hydroxylation is 1. The minimum atomic E-state index is -0.0778. The van der Waals surface area contributed by atoms with E-state index in [2.05, 4.69) is 43.1 Å². The molecule has 2 rings (SSSR count). The molecule has 0 amide bonds. The van der Waals surface area contributed by atoms with Crippen LogP contribution in [-0.2, 0) is 13.2 Å². The van der Waals surface area contributed by atoms with Crippen LogP contribution in [0.15, 0.2) is 24.3 Å². The lowest BCUT2D eigenvalue weighted by Crippen LogP contribution is -2.10. The lowest BCUT2D eigenvalue weighted by Gasteiger charge is -2.11. The molecule has 4 nitrogen and oxygen atoms in total. The summed E-state index contributed by atoms with van der Waals surface area (Å²) in [4.78, 5) is 0. The average Bonchev–Trinajstić information content (AvgIpc) is 2.72. The Labute approximate surface area is 107 Å². The molecular formula is C14H19N3O. The van der Waals surface area contributed by atoms with Gasteiger partial charge >= 0.3 is 0 Å². The van der Waals surface area contributed by atoms with Gasteiger partial charge in [0.15, 0.2) is 11.6 Å². The standard InChI is InChI=1S/C14H19N3O/c1-10(2)8-17-13(9-18)15-16-14(17)12-6-4-11(3)5-7-12/h4-7,10,18H,8-9H2,1-3H3. The largest absolute Gasteiger partial charge is 0.388 e. The first-order valence-corrected chi connectivity index (χ1v) is 6.21. The number of benzene rings is 1. The van der Waals surface area contributed by atoms with Gasteiger partial charge in [0.2, 0.25) is 0 Å². The van der Waals surface area contributed by atoms with Crippen LogP contribution in [0.5, 0.6) is 0 Å². The molecular weight excluding hydrogens is 226 g/mol. The van der Waals surface area contributed by atoms with E-state index in [0.29, 0.717) is 11.7 Å². The van der Waals surface area contributed by atoms with Gasteiger partial charge in [0.1, 0.15) is 6.61 Å². The molecule has 0 aliphatic carbocycles. The van der Waals surface area contributed by atoms with Gasteiger partial charge in [-0.2, -0.15) is 0 Å². The summed E-state index contributed by atoms with van der Waals surface area (Å²) >= 11 is 0. The fourth-order valence-corrected chi connectivity index (χ4v) is 1.93. The van der Waals surface area contributed by atoms with Gasteiger partial charge in [0.25, 0.3) is 0 Å². The van der Waals surface area contributed by atoms with Crippen molar-refractivity contribution in [3.63, 3.8) is 0 Å². The second kappa shape index (κ2) is 5.31. The van der Waals surface area contributed by atoms with Gasteiger partial charge in [-0.05, 0) is 12.8 Å². The smallest absolute Gasteiger partial charge is 0.164 e. The number of aliphatic hydroxyl groups excluding tert-OH is 1. The van der Waals surface area contributed by atoms with E-state index < -0.39 is 0 Å². The minimum Gasteiger partial charge on any atom is -0.388 e. The van der Waals surface area contributed by atoms with Gasteiger partial charge < -0.3 is 9.67 Å². The Bertz CT molecular complexity index is 514. The van der Waals surface area contributed by atoms with E-state index in [9.17, 15) is 5.11 Å². The van der Waals surface area contributed by atoms with E-state index >= 15 is 0 Å². The highest BCUT2D eigenvalue weighted by atomic mass is 16.3. The Morgan fingerprint density at radius 1 is 1.17 bits per heavy atom. The maximum absolute atomic E-state index is 9.31. The molecule has 0 saturated heterocycles. The van der Waals surface area contributed by atoms with E-state index in [0.717, 1.165) is 17.9 Å². The topological polar surface area (TPSA) is 50.9 Å². The zero-order chi connectivity index (χ0) is 13.1. The summed E-state index contributed by atoms with van der Waals surface area (Å²) in [5.41, 5.74) is 2.25. The zero-order valence-corrected chi connectivity index (χ0v) is 11.1. The first kappa shape index (κ1) is 12.8. The average molecular weight is 245 g/mol. The van der Waals surface area contributed by atoms with Crippen molar-refractivity contribution in [1.82, 2.24) is 14.8 Å². The summed E-state index contributed by atoms with van der Waals surface area (Å²) in [6.45, 7) is 7.07. The molecule has 0 unspecified atom stereocenters. The fourth-order valence-electron chi connectivity index (χ4n) is 1.93. The highest BCUT2D eigenvalue weighted by Gasteiger charge is 2.13. The lowest BCUT2D eigenvalue weighted by molar-refractivity contribution is 0.262. The number of hydrogen-bond donors (Lipinski definition) is 1. The van der Waals surface area contributed by atoms with Crippen molar-refractivity contribution in [2.75, 3.05) is 0 Å². The molecule has 2 aromatic rings. The van der Waals surface area contributed by atoms with Crippen molar-refractivity contribution in [2.24, 2.45) is 5.92 Å². The molecule has 0 aliphatic heterocycles. The molecule has 0 fully saturated rings. The predicted octanol–water partition coefficient (Wildman–Crippen LogP) is 2.40. The van der Waals surface area contributed by atoms with E-state index in [-0.39, 0.29) is 6.61 Å². The van der Waals surface area contributed by atoms with Crippen LogP contribution in [0.3, 0.4) is 0 Å². The molecule has 1 aromatic heterocycles. The second-order valence-electron chi connectivity index (χ2n) is 4.97. The van der Waals surface area contributed by atoms with Crippen LogP contribution >= 0.6 is 0 Å². The van der Waals surface area contributed by atoms with Crippen molar-refractivity contribution in [3.8, 4) is 11.4 Å². The summed E-state index contributed by atoms with van der Waals surface area (Å²) in [7, 11) is 0. The number of hydrogen-bond acceptors (Lipinski definition) is 3. The van der Waals surface area contributed by atoms with Gasteiger partial charge in [-0.1, -0.05) is 43.7 Å². The van der Waals surface area contributed by atoms with Crippen LogP contribution in [-0.4, -0.2) is 19.9 Å². The first-order chi connectivity index (χ1) is 8.61. The molecule has 0 aliphatic rings. The Hall–Kier alpha value is -1.68. The zero-order valence-electron chi connectivity index (χ0n) is 11.1. The quantitative estimate of drug-likeness (QED) is 0.900. The normalized spacial score (nSPS) is 11.2. The van der Waals surface area contributed by atoms with Crippen molar-refractivity contribution < 1.29 is 5.11 Å². The highest BCUT2D eigenvalue weighted by Crippen LogP contribution is 2.20. The summed E-state index contributed by atoms with van der Waals surface area (Å²) in [6.07, 6.45) is 0.